The van der Waals surface area contributed by atoms with Crippen LogP contribution in [0.25, 0.3) is 11.1 Å². The molecule has 0 radical (unpaired) electrons. The first kappa shape index (κ1) is 10.0. The summed E-state index contributed by atoms with van der Waals surface area (Å²) in [5.41, 5.74) is 0.694. The summed E-state index contributed by atoms with van der Waals surface area (Å²) in [7, 11) is 1.58. The predicted octanol–water partition coefficient (Wildman–Crippen LogP) is 1.85. The predicted molar refractivity (Wildman–Crippen MR) is 60.8 cm³/mol. The molecule has 0 bridgehead atoms. The molecule has 5 heteroatoms. The largest absolute Gasteiger partial charge is 0.493 e. The average Bonchev–Trinajstić information content (AvgIpc) is 2.44. The van der Waals surface area contributed by atoms with Gasteiger partial charge in [0, 0.05) is 11.5 Å². The van der Waals surface area contributed by atoms with E-state index in [1.165, 1.54) is 4.68 Å². The van der Waals surface area contributed by atoms with Crippen molar-refractivity contribution in [1.82, 2.24) is 9.78 Å². The van der Waals surface area contributed by atoms with E-state index in [2.05, 4.69) is 21.0 Å². The van der Waals surface area contributed by atoms with Crippen molar-refractivity contribution in [2.24, 2.45) is 7.05 Å². The summed E-state index contributed by atoms with van der Waals surface area (Å²) in [6.07, 6.45) is 0. The first-order chi connectivity index (χ1) is 7.09. The minimum atomic E-state index is -0.294. The van der Waals surface area contributed by atoms with Gasteiger partial charge in [-0.1, -0.05) is 28.1 Å². The molecule has 0 spiro atoms. The van der Waals surface area contributed by atoms with E-state index in [0.717, 1.165) is 4.47 Å². The van der Waals surface area contributed by atoms with Crippen LogP contribution in [0, 0.1) is 0 Å². The zero-order chi connectivity index (χ0) is 11.0. The summed E-state index contributed by atoms with van der Waals surface area (Å²) in [5, 5.41) is 12.1. The van der Waals surface area contributed by atoms with Gasteiger partial charge in [-0.15, -0.1) is 0 Å². The molecule has 78 valence electrons. The Morgan fingerprint density at radius 3 is 2.40 bits per heavy atom. The Hall–Kier alpha value is -1.49. The van der Waals surface area contributed by atoms with Crippen LogP contribution in [0.3, 0.4) is 0 Å². The van der Waals surface area contributed by atoms with Crippen molar-refractivity contribution in [1.29, 1.82) is 0 Å². The van der Waals surface area contributed by atoms with Crippen molar-refractivity contribution in [3.05, 3.63) is 39.1 Å². The monoisotopic (exact) mass is 268 g/mol. The average molecular weight is 269 g/mol. The molecule has 2 aromatic rings. The Labute approximate surface area is 94.3 Å². The number of aryl methyl sites for hydroxylation is 1. The van der Waals surface area contributed by atoms with Crippen molar-refractivity contribution in [2.75, 3.05) is 0 Å². The maximum Gasteiger partial charge on any atom is 0.275 e. The number of nitrogens with one attached hydrogen (secondary N) is 1. The van der Waals surface area contributed by atoms with Crippen molar-refractivity contribution < 1.29 is 5.11 Å². The molecule has 2 rings (SSSR count). The fourth-order valence-corrected chi connectivity index (χ4v) is 1.67. The smallest absolute Gasteiger partial charge is 0.275 e. The number of nitrogens with zero attached hydrogens (tertiary/aromatic N) is 1. The second-order valence-corrected chi connectivity index (χ2v) is 4.12. The van der Waals surface area contributed by atoms with Crippen molar-refractivity contribution in [3.8, 4) is 17.0 Å². The van der Waals surface area contributed by atoms with Crippen molar-refractivity contribution in [3.63, 3.8) is 0 Å². The minimum absolute atomic E-state index is 0.0534. The number of hydrogen-bond donors (Lipinski definition) is 2. The van der Waals surface area contributed by atoms with Crippen LogP contribution < -0.4 is 5.56 Å². The van der Waals surface area contributed by atoms with E-state index in [4.69, 9.17) is 0 Å². The van der Waals surface area contributed by atoms with Crippen LogP contribution in [0.5, 0.6) is 5.88 Å². The zero-order valence-electron chi connectivity index (χ0n) is 7.99. The van der Waals surface area contributed by atoms with Crippen LogP contribution in [-0.2, 0) is 7.05 Å². The topological polar surface area (TPSA) is 58.0 Å². The molecule has 0 atom stereocenters. The highest BCUT2D eigenvalue weighted by Crippen LogP contribution is 2.25. The maximum atomic E-state index is 11.5. The molecule has 15 heavy (non-hydrogen) atoms. The van der Waals surface area contributed by atoms with Gasteiger partial charge in [-0.25, -0.2) is 0 Å². The number of hydrogen-bond acceptors (Lipinski definition) is 2. The van der Waals surface area contributed by atoms with Crippen LogP contribution in [0.1, 0.15) is 0 Å². The van der Waals surface area contributed by atoms with Gasteiger partial charge >= 0.3 is 0 Å². The molecular formula is C10H9BrN2O2. The molecule has 0 aliphatic rings. The lowest BCUT2D eigenvalue weighted by atomic mass is 10.1. The van der Waals surface area contributed by atoms with Crippen LogP contribution in [0.2, 0.25) is 0 Å². The van der Waals surface area contributed by atoms with Gasteiger partial charge in [-0.05, 0) is 17.7 Å². The van der Waals surface area contributed by atoms with Crippen molar-refractivity contribution >= 4 is 15.9 Å². The molecule has 0 fully saturated rings. The van der Waals surface area contributed by atoms with Gasteiger partial charge in [0.15, 0.2) is 0 Å². The Morgan fingerprint density at radius 2 is 1.93 bits per heavy atom. The molecule has 0 amide bonds. The molecule has 1 aromatic heterocycles. The normalized spacial score (nSPS) is 10.5. The van der Waals surface area contributed by atoms with Crippen LogP contribution in [-0.4, -0.2) is 14.9 Å². The van der Waals surface area contributed by atoms with Gasteiger partial charge in [-0.3, -0.25) is 14.6 Å². The third kappa shape index (κ3) is 1.70. The summed E-state index contributed by atoms with van der Waals surface area (Å²) in [6, 6.07) is 7.19. The Balaban J connectivity index is 2.64. The van der Waals surface area contributed by atoms with E-state index in [1.807, 2.05) is 12.1 Å². The van der Waals surface area contributed by atoms with E-state index < -0.39 is 0 Å². The first-order valence-electron chi connectivity index (χ1n) is 4.33. The van der Waals surface area contributed by atoms with E-state index in [-0.39, 0.29) is 11.4 Å². The number of benzene rings is 1. The van der Waals surface area contributed by atoms with Crippen LogP contribution >= 0.6 is 15.9 Å². The molecule has 0 aliphatic carbocycles. The molecule has 0 unspecified atom stereocenters. The molecule has 0 saturated heterocycles. The number of rotatable bonds is 1. The van der Waals surface area contributed by atoms with Gasteiger partial charge in [0.05, 0.1) is 0 Å². The summed E-state index contributed by atoms with van der Waals surface area (Å²) in [5.74, 6) is -0.0534. The fraction of sp³-hybridized carbons (Fsp3) is 0.100. The number of halogens is 1. The lowest BCUT2D eigenvalue weighted by Crippen LogP contribution is -2.03. The fourth-order valence-electron chi connectivity index (χ4n) is 1.41. The Morgan fingerprint density at radius 1 is 1.33 bits per heavy atom. The highest BCUT2D eigenvalue weighted by atomic mass is 79.9. The summed E-state index contributed by atoms with van der Waals surface area (Å²) in [6.45, 7) is 0. The standard InChI is InChI=1S/C10H9BrN2O2/c1-13-10(15)8(9(14)12-13)6-2-4-7(11)5-3-6/h2-5,15H,1H3,(H,12,14). The van der Waals surface area contributed by atoms with Crippen molar-refractivity contribution in [2.45, 2.75) is 0 Å². The summed E-state index contributed by atoms with van der Waals surface area (Å²) in [4.78, 5) is 11.5. The molecule has 4 nitrogen and oxygen atoms in total. The molecule has 1 heterocycles. The second kappa shape index (κ2) is 3.58. The molecule has 2 N–H and O–H groups in total. The first-order valence-corrected chi connectivity index (χ1v) is 5.13. The highest BCUT2D eigenvalue weighted by molar-refractivity contribution is 9.10. The summed E-state index contributed by atoms with van der Waals surface area (Å²) >= 11 is 3.31. The molecule has 0 saturated carbocycles. The Kier molecular flexibility index (Phi) is 2.40. The number of H-pyrrole nitrogens is 1. The lowest BCUT2D eigenvalue weighted by molar-refractivity contribution is 0.420. The maximum absolute atomic E-state index is 11.5. The number of aromatic amines is 1. The third-order valence-corrected chi connectivity index (χ3v) is 2.70. The zero-order valence-corrected chi connectivity index (χ0v) is 9.58. The van der Waals surface area contributed by atoms with E-state index in [1.54, 1.807) is 19.2 Å². The highest BCUT2D eigenvalue weighted by Gasteiger charge is 2.13. The van der Waals surface area contributed by atoms with E-state index in [9.17, 15) is 9.90 Å². The van der Waals surface area contributed by atoms with Gasteiger partial charge in [-0.2, -0.15) is 0 Å². The number of aromatic hydroxyl groups is 1. The van der Waals surface area contributed by atoms with Gasteiger partial charge in [0.1, 0.15) is 5.56 Å². The van der Waals surface area contributed by atoms with E-state index >= 15 is 0 Å². The molecular weight excluding hydrogens is 260 g/mol. The quantitative estimate of drug-likeness (QED) is 0.830. The van der Waals surface area contributed by atoms with Gasteiger partial charge < -0.3 is 5.11 Å². The van der Waals surface area contributed by atoms with Gasteiger partial charge in [0.25, 0.3) is 5.56 Å². The van der Waals surface area contributed by atoms with Gasteiger partial charge in [0.2, 0.25) is 5.88 Å². The second-order valence-electron chi connectivity index (χ2n) is 3.21. The summed E-state index contributed by atoms with van der Waals surface area (Å²) < 4.78 is 2.22. The SMILES string of the molecule is Cn1[nH]c(=O)c(-c2ccc(Br)cc2)c1O. The lowest BCUT2D eigenvalue weighted by Gasteiger charge is -1.98. The number of aromatic nitrogens is 2. The Bertz CT molecular complexity index is 540. The van der Waals surface area contributed by atoms with Crippen LogP contribution in [0.15, 0.2) is 33.5 Å². The molecule has 1 aromatic carbocycles. The van der Waals surface area contributed by atoms with E-state index in [0.29, 0.717) is 11.1 Å². The molecule has 0 aliphatic heterocycles. The third-order valence-electron chi connectivity index (χ3n) is 2.17. The minimum Gasteiger partial charge on any atom is -0.493 e. The van der Waals surface area contributed by atoms with Crippen LogP contribution in [0.4, 0.5) is 0 Å².